The van der Waals surface area contributed by atoms with E-state index in [1.165, 1.54) is 0 Å². The van der Waals surface area contributed by atoms with Crippen LogP contribution in [0.25, 0.3) is 0 Å². The molecule has 3 rings (SSSR count). The van der Waals surface area contributed by atoms with Crippen LogP contribution in [0.15, 0.2) is 42.5 Å². The average Bonchev–Trinajstić information content (AvgIpc) is 3.01. The van der Waals surface area contributed by atoms with Gasteiger partial charge in [-0.05, 0) is 54.8 Å². The second-order valence-electron chi connectivity index (χ2n) is 5.98. The quantitative estimate of drug-likeness (QED) is 0.822. The molecule has 1 N–H and O–H groups in total. The van der Waals surface area contributed by atoms with Crippen molar-refractivity contribution in [2.75, 3.05) is 16.8 Å². The number of aryl methyl sites for hydroxylation is 1. The molecule has 1 fully saturated rings. The second-order valence-corrected chi connectivity index (χ2v) is 6.82. The van der Waals surface area contributed by atoms with Gasteiger partial charge < -0.3 is 10.2 Å². The molecule has 0 radical (unpaired) electrons. The normalized spacial score (nSPS) is 14.0. The highest BCUT2D eigenvalue weighted by Crippen LogP contribution is 2.24. The first-order chi connectivity index (χ1) is 12.0. The predicted molar refractivity (Wildman–Crippen MR) is 101 cm³/mol. The SMILES string of the molecule is O=C(CCc1ccc(Cl)cc1Cl)Nc1ccc(N2CCCC2=O)cc1. The van der Waals surface area contributed by atoms with Crippen LogP contribution in [0, 0.1) is 0 Å². The molecule has 0 spiro atoms. The number of benzene rings is 2. The van der Waals surface area contributed by atoms with Crippen LogP contribution in [0.5, 0.6) is 0 Å². The third-order valence-corrected chi connectivity index (χ3v) is 4.76. The highest BCUT2D eigenvalue weighted by atomic mass is 35.5. The third-order valence-electron chi connectivity index (χ3n) is 4.17. The lowest BCUT2D eigenvalue weighted by Crippen LogP contribution is -2.23. The summed E-state index contributed by atoms with van der Waals surface area (Å²) in [5, 5.41) is 4.01. The number of anilines is 2. The molecule has 1 heterocycles. The summed E-state index contributed by atoms with van der Waals surface area (Å²) < 4.78 is 0. The smallest absolute Gasteiger partial charge is 0.227 e. The van der Waals surface area contributed by atoms with Crippen LogP contribution in [-0.2, 0) is 16.0 Å². The highest BCUT2D eigenvalue weighted by molar-refractivity contribution is 6.35. The summed E-state index contributed by atoms with van der Waals surface area (Å²) in [6.07, 6.45) is 2.37. The van der Waals surface area contributed by atoms with Gasteiger partial charge in [0, 0.05) is 40.8 Å². The van der Waals surface area contributed by atoms with Crippen molar-refractivity contribution in [1.82, 2.24) is 0 Å². The Hall–Kier alpha value is -2.04. The van der Waals surface area contributed by atoms with Gasteiger partial charge in [0.1, 0.15) is 0 Å². The van der Waals surface area contributed by atoms with E-state index < -0.39 is 0 Å². The number of nitrogens with one attached hydrogen (secondary N) is 1. The number of carbonyl (C=O) groups excluding carboxylic acids is 2. The van der Waals surface area contributed by atoms with Crippen LogP contribution in [0.1, 0.15) is 24.8 Å². The maximum atomic E-state index is 12.1. The van der Waals surface area contributed by atoms with Gasteiger partial charge in [0.15, 0.2) is 0 Å². The first-order valence-corrected chi connectivity index (χ1v) is 8.93. The van der Waals surface area contributed by atoms with E-state index in [-0.39, 0.29) is 11.8 Å². The van der Waals surface area contributed by atoms with E-state index in [1.54, 1.807) is 17.0 Å². The number of amides is 2. The topological polar surface area (TPSA) is 49.4 Å². The fraction of sp³-hybridized carbons (Fsp3) is 0.263. The van der Waals surface area contributed by atoms with Gasteiger partial charge in [-0.25, -0.2) is 0 Å². The zero-order valence-electron chi connectivity index (χ0n) is 13.6. The van der Waals surface area contributed by atoms with E-state index in [9.17, 15) is 9.59 Å². The molecule has 0 bridgehead atoms. The molecule has 0 unspecified atom stereocenters. The van der Waals surface area contributed by atoms with Crippen molar-refractivity contribution >= 4 is 46.4 Å². The molecule has 2 amide bonds. The maximum absolute atomic E-state index is 12.1. The second kappa shape index (κ2) is 7.89. The fourth-order valence-electron chi connectivity index (χ4n) is 2.84. The minimum absolute atomic E-state index is 0.0870. The van der Waals surface area contributed by atoms with Crippen molar-refractivity contribution < 1.29 is 9.59 Å². The molecule has 6 heteroatoms. The van der Waals surface area contributed by atoms with Crippen LogP contribution in [0.2, 0.25) is 10.0 Å². The Kier molecular flexibility index (Phi) is 5.61. The Morgan fingerprint density at radius 2 is 1.88 bits per heavy atom. The van der Waals surface area contributed by atoms with Crippen molar-refractivity contribution in [3.8, 4) is 0 Å². The summed E-state index contributed by atoms with van der Waals surface area (Å²) in [5.41, 5.74) is 2.47. The summed E-state index contributed by atoms with van der Waals surface area (Å²) in [4.78, 5) is 25.6. The van der Waals surface area contributed by atoms with Gasteiger partial charge in [-0.1, -0.05) is 29.3 Å². The van der Waals surface area contributed by atoms with Crippen LogP contribution in [0.4, 0.5) is 11.4 Å². The zero-order chi connectivity index (χ0) is 17.8. The predicted octanol–water partition coefficient (Wildman–Crippen LogP) is 4.69. The molecule has 130 valence electrons. The van der Waals surface area contributed by atoms with Gasteiger partial charge in [0.05, 0.1) is 0 Å². The Labute approximate surface area is 156 Å². The Balaban J connectivity index is 1.55. The number of hydrogen-bond donors (Lipinski definition) is 1. The Morgan fingerprint density at radius 3 is 2.52 bits per heavy atom. The van der Waals surface area contributed by atoms with Crippen molar-refractivity contribution in [3.05, 3.63) is 58.1 Å². The summed E-state index contributed by atoms with van der Waals surface area (Å²) in [7, 11) is 0. The molecular weight excluding hydrogens is 359 g/mol. The van der Waals surface area contributed by atoms with Crippen LogP contribution >= 0.6 is 23.2 Å². The largest absolute Gasteiger partial charge is 0.326 e. The number of rotatable bonds is 5. The van der Waals surface area contributed by atoms with E-state index in [2.05, 4.69) is 5.32 Å². The molecule has 4 nitrogen and oxygen atoms in total. The number of nitrogens with zero attached hydrogens (tertiary/aromatic N) is 1. The first-order valence-electron chi connectivity index (χ1n) is 8.17. The van der Waals surface area contributed by atoms with Crippen molar-refractivity contribution in [2.24, 2.45) is 0 Å². The molecule has 25 heavy (non-hydrogen) atoms. The van der Waals surface area contributed by atoms with Crippen LogP contribution < -0.4 is 10.2 Å². The van der Waals surface area contributed by atoms with E-state index >= 15 is 0 Å². The average molecular weight is 377 g/mol. The number of halogens is 2. The molecular formula is C19H18Cl2N2O2. The third kappa shape index (κ3) is 4.53. The summed E-state index contributed by atoms with van der Waals surface area (Å²) in [5.74, 6) is 0.0626. The minimum atomic E-state index is -0.0870. The van der Waals surface area contributed by atoms with Gasteiger partial charge in [-0.15, -0.1) is 0 Å². The van der Waals surface area contributed by atoms with Gasteiger partial charge in [-0.3, -0.25) is 9.59 Å². The van der Waals surface area contributed by atoms with E-state index in [0.29, 0.717) is 35.0 Å². The standard InChI is InChI=1S/C19H18Cl2N2O2/c20-14-5-3-13(17(21)12-14)4-10-18(24)22-15-6-8-16(9-7-15)23-11-1-2-19(23)25/h3,5-9,12H,1-2,4,10-11H2,(H,22,24). The van der Waals surface area contributed by atoms with Crippen LogP contribution in [0.3, 0.4) is 0 Å². The van der Waals surface area contributed by atoms with E-state index in [1.807, 2.05) is 30.3 Å². The number of carbonyl (C=O) groups is 2. The molecule has 1 aliphatic rings. The highest BCUT2D eigenvalue weighted by Gasteiger charge is 2.21. The summed E-state index contributed by atoms with van der Waals surface area (Å²) in [6, 6.07) is 12.6. The molecule has 2 aromatic rings. The molecule has 1 saturated heterocycles. The lowest BCUT2D eigenvalue weighted by atomic mass is 10.1. The van der Waals surface area contributed by atoms with Crippen LogP contribution in [-0.4, -0.2) is 18.4 Å². The molecule has 0 aliphatic carbocycles. The van der Waals surface area contributed by atoms with Gasteiger partial charge in [0.25, 0.3) is 0 Å². The zero-order valence-corrected chi connectivity index (χ0v) is 15.1. The van der Waals surface area contributed by atoms with E-state index in [4.69, 9.17) is 23.2 Å². The number of hydrogen-bond acceptors (Lipinski definition) is 2. The monoisotopic (exact) mass is 376 g/mol. The fourth-order valence-corrected chi connectivity index (χ4v) is 3.34. The molecule has 0 saturated carbocycles. The van der Waals surface area contributed by atoms with Crippen molar-refractivity contribution in [1.29, 1.82) is 0 Å². The lowest BCUT2D eigenvalue weighted by molar-refractivity contribution is -0.117. The maximum Gasteiger partial charge on any atom is 0.227 e. The summed E-state index contributed by atoms with van der Waals surface area (Å²) in [6.45, 7) is 0.756. The van der Waals surface area contributed by atoms with Crippen molar-refractivity contribution in [3.63, 3.8) is 0 Å². The minimum Gasteiger partial charge on any atom is -0.326 e. The van der Waals surface area contributed by atoms with Gasteiger partial charge >= 0.3 is 0 Å². The molecule has 0 atom stereocenters. The lowest BCUT2D eigenvalue weighted by Gasteiger charge is -2.16. The van der Waals surface area contributed by atoms with Gasteiger partial charge in [-0.2, -0.15) is 0 Å². The Bertz CT molecular complexity index is 791. The molecule has 0 aromatic heterocycles. The Morgan fingerprint density at radius 1 is 1.12 bits per heavy atom. The molecule has 2 aromatic carbocycles. The first kappa shape index (κ1) is 17.8. The molecule has 1 aliphatic heterocycles. The van der Waals surface area contributed by atoms with E-state index in [0.717, 1.165) is 24.2 Å². The van der Waals surface area contributed by atoms with Crippen molar-refractivity contribution in [2.45, 2.75) is 25.7 Å². The summed E-state index contributed by atoms with van der Waals surface area (Å²) >= 11 is 12.0. The van der Waals surface area contributed by atoms with Gasteiger partial charge in [0.2, 0.25) is 11.8 Å².